The zero-order valence-corrected chi connectivity index (χ0v) is 19.0. The van der Waals surface area contributed by atoms with Gasteiger partial charge >= 0.3 is 0 Å². The molecule has 7 nitrogen and oxygen atoms in total. The number of benzene rings is 1. The van der Waals surface area contributed by atoms with Crippen LogP contribution in [0.15, 0.2) is 24.3 Å². The van der Waals surface area contributed by atoms with Crippen molar-refractivity contribution >= 4 is 17.6 Å². The Morgan fingerprint density at radius 2 is 2.06 bits per heavy atom. The summed E-state index contributed by atoms with van der Waals surface area (Å²) in [7, 11) is 1.53. The van der Waals surface area contributed by atoms with E-state index in [1.54, 1.807) is 35.8 Å². The maximum atomic E-state index is 13.7. The highest BCUT2D eigenvalue weighted by molar-refractivity contribution is 5.95. The number of aromatic nitrogens is 2. The van der Waals surface area contributed by atoms with Gasteiger partial charge in [-0.25, -0.2) is 14.4 Å². The number of hydrogen-bond acceptors (Lipinski definition) is 5. The van der Waals surface area contributed by atoms with E-state index in [0.29, 0.717) is 43.1 Å². The lowest BCUT2D eigenvalue weighted by Gasteiger charge is -2.30. The van der Waals surface area contributed by atoms with Crippen LogP contribution in [0.3, 0.4) is 0 Å². The lowest BCUT2D eigenvalue weighted by Crippen LogP contribution is -2.45. The van der Waals surface area contributed by atoms with Crippen LogP contribution >= 0.6 is 0 Å². The monoisotopic (exact) mass is 440 g/mol. The lowest BCUT2D eigenvalue weighted by atomic mass is 10.0. The lowest BCUT2D eigenvalue weighted by molar-refractivity contribution is -0.149. The molecular weight excluding hydrogens is 411 g/mol. The molecule has 0 saturated carbocycles. The summed E-state index contributed by atoms with van der Waals surface area (Å²) in [5, 5.41) is 0. The van der Waals surface area contributed by atoms with Gasteiger partial charge in [-0.2, -0.15) is 0 Å². The van der Waals surface area contributed by atoms with Crippen LogP contribution in [0.1, 0.15) is 55.3 Å². The number of halogens is 1. The van der Waals surface area contributed by atoms with E-state index in [2.05, 4.69) is 0 Å². The first-order chi connectivity index (χ1) is 15.2. The summed E-state index contributed by atoms with van der Waals surface area (Å²) >= 11 is 0. The molecule has 0 bridgehead atoms. The van der Waals surface area contributed by atoms with Crippen molar-refractivity contribution in [3.05, 3.63) is 52.7 Å². The molecule has 0 radical (unpaired) electrons. The fourth-order valence-electron chi connectivity index (χ4n) is 4.39. The number of hydrogen-bond donors (Lipinski definition) is 0. The van der Waals surface area contributed by atoms with E-state index in [-0.39, 0.29) is 30.1 Å². The minimum Gasteiger partial charge on any atom is -0.369 e. The Kier molecular flexibility index (Phi) is 5.99. The molecule has 2 amide bonds. The SMILES string of the molecule is COC(C)(C)C(=O)N1CCC(c2nc(C)c3c(n2)N(Cc2cccc(F)c2)C(=O)CC3)C1. The second-order valence-corrected chi connectivity index (χ2v) is 9.03. The van der Waals surface area contributed by atoms with E-state index in [9.17, 15) is 14.0 Å². The molecule has 1 saturated heterocycles. The topological polar surface area (TPSA) is 75.6 Å². The fourth-order valence-corrected chi connectivity index (χ4v) is 4.39. The molecule has 170 valence electrons. The summed E-state index contributed by atoms with van der Waals surface area (Å²) in [5.74, 6) is 0.821. The zero-order chi connectivity index (χ0) is 23.0. The van der Waals surface area contributed by atoms with E-state index in [4.69, 9.17) is 14.7 Å². The number of ether oxygens (including phenoxy) is 1. The second-order valence-electron chi connectivity index (χ2n) is 9.03. The summed E-state index contributed by atoms with van der Waals surface area (Å²) in [6.45, 7) is 6.85. The average Bonchev–Trinajstić information content (AvgIpc) is 3.25. The van der Waals surface area contributed by atoms with Crippen molar-refractivity contribution in [2.24, 2.45) is 0 Å². The van der Waals surface area contributed by atoms with Crippen LogP contribution in [0.4, 0.5) is 10.2 Å². The first kappa shape index (κ1) is 22.3. The predicted octanol–water partition coefficient (Wildman–Crippen LogP) is 3.14. The summed E-state index contributed by atoms with van der Waals surface area (Å²) in [5.41, 5.74) is 1.64. The molecule has 8 heteroatoms. The van der Waals surface area contributed by atoms with Gasteiger partial charge in [0.25, 0.3) is 5.91 Å². The van der Waals surface area contributed by atoms with Gasteiger partial charge in [0, 0.05) is 43.8 Å². The molecule has 1 unspecified atom stereocenters. The summed E-state index contributed by atoms with van der Waals surface area (Å²) < 4.78 is 19.0. The molecule has 2 aliphatic rings. The van der Waals surface area contributed by atoms with Crippen molar-refractivity contribution in [2.45, 2.75) is 58.1 Å². The minimum atomic E-state index is -0.879. The number of anilines is 1. The van der Waals surface area contributed by atoms with Crippen molar-refractivity contribution in [2.75, 3.05) is 25.1 Å². The van der Waals surface area contributed by atoms with Crippen LogP contribution < -0.4 is 4.90 Å². The number of nitrogens with zero attached hydrogens (tertiary/aromatic N) is 4. The van der Waals surface area contributed by atoms with Crippen molar-refractivity contribution in [1.29, 1.82) is 0 Å². The number of amides is 2. The maximum Gasteiger partial charge on any atom is 0.254 e. The van der Waals surface area contributed by atoms with Gasteiger partial charge in [0.2, 0.25) is 5.91 Å². The Hall–Kier alpha value is -2.87. The van der Waals surface area contributed by atoms with Crippen LogP contribution in [-0.2, 0) is 27.3 Å². The smallest absolute Gasteiger partial charge is 0.254 e. The van der Waals surface area contributed by atoms with Crippen molar-refractivity contribution in [3.63, 3.8) is 0 Å². The third-order valence-corrected chi connectivity index (χ3v) is 6.45. The third kappa shape index (κ3) is 4.24. The molecule has 1 fully saturated rings. The minimum absolute atomic E-state index is 0.0105. The average molecular weight is 441 g/mol. The first-order valence-corrected chi connectivity index (χ1v) is 11.0. The molecular formula is C24H29FN4O3. The van der Waals surface area contributed by atoms with Crippen molar-refractivity contribution in [1.82, 2.24) is 14.9 Å². The van der Waals surface area contributed by atoms with Gasteiger partial charge in [0.1, 0.15) is 23.1 Å². The third-order valence-electron chi connectivity index (χ3n) is 6.45. The van der Waals surface area contributed by atoms with E-state index in [1.807, 2.05) is 6.92 Å². The maximum absolute atomic E-state index is 13.7. The number of carbonyl (C=O) groups is 2. The highest BCUT2D eigenvalue weighted by Gasteiger charge is 2.38. The van der Waals surface area contributed by atoms with Crippen LogP contribution in [0.5, 0.6) is 0 Å². The summed E-state index contributed by atoms with van der Waals surface area (Å²) in [4.78, 5) is 38.5. The Bertz CT molecular complexity index is 1060. The molecule has 4 rings (SSSR count). The zero-order valence-electron chi connectivity index (χ0n) is 19.0. The Balaban J connectivity index is 1.62. The molecule has 0 N–H and O–H groups in total. The number of fused-ring (bicyclic) bond motifs is 1. The summed E-state index contributed by atoms with van der Waals surface area (Å²) in [6.07, 6.45) is 1.72. The Labute approximate surface area is 187 Å². The normalized spacial score (nSPS) is 18.8. The van der Waals surface area contributed by atoms with Crippen LogP contribution in [-0.4, -0.2) is 52.5 Å². The second kappa shape index (κ2) is 8.58. The number of rotatable bonds is 5. The summed E-state index contributed by atoms with van der Waals surface area (Å²) in [6, 6.07) is 6.27. The van der Waals surface area contributed by atoms with Gasteiger partial charge in [0.05, 0.1) is 6.54 Å². The number of aryl methyl sites for hydroxylation is 1. The Morgan fingerprint density at radius 3 is 2.78 bits per heavy atom. The van der Waals surface area contributed by atoms with Gasteiger partial charge in [-0.3, -0.25) is 14.5 Å². The molecule has 1 aromatic carbocycles. The first-order valence-electron chi connectivity index (χ1n) is 11.0. The van der Waals surface area contributed by atoms with Gasteiger partial charge < -0.3 is 9.64 Å². The fraction of sp³-hybridized carbons (Fsp3) is 0.500. The molecule has 2 aliphatic heterocycles. The van der Waals surface area contributed by atoms with Crippen LogP contribution in [0, 0.1) is 12.7 Å². The molecule has 2 aromatic rings. The van der Waals surface area contributed by atoms with Crippen LogP contribution in [0.25, 0.3) is 0 Å². The molecule has 1 aromatic heterocycles. The van der Waals surface area contributed by atoms with Crippen molar-refractivity contribution in [3.8, 4) is 0 Å². The van der Waals surface area contributed by atoms with Crippen LogP contribution in [0.2, 0.25) is 0 Å². The van der Waals surface area contributed by atoms with Gasteiger partial charge in [-0.15, -0.1) is 0 Å². The quantitative estimate of drug-likeness (QED) is 0.714. The number of carbonyl (C=O) groups excluding carboxylic acids is 2. The van der Waals surface area contributed by atoms with Gasteiger partial charge in [-0.1, -0.05) is 12.1 Å². The molecule has 0 spiro atoms. The van der Waals surface area contributed by atoms with Crippen molar-refractivity contribution < 1.29 is 18.7 Å². The van der Waals surface area contributed by atoms with E-state index >= 15 is 0 Å². The number of likely N-dealkylation sites (tertiary alicyclic amines) is 1. The van der Waals surface area contributed by atoms with Gasteiger partial charge in [-0.05, 0) is 51.3 Å². The highest BCUT2D eigenvalue weighted by atomic mass is 19.1. The highest BCUT2D eigenvalue weighted by Crippen LogP contribution is 2.33. The predicted molar refractivity (Wildman–Crippen MR) is 118 cm³/mol. The largest absolute Gasteiger partial charge is 0.369 e. The molecule has 3 heterocycles. The molecule has 32 heavy (non-hydrogen) atoms. The van der Waals surface area contributed by atoms with E-state index in [1.165, 1.54) is 19.2 Å². The van der Waals surface area contributed by atoms with E-state index < -0.39 is 5.60 Å². The number of methoxy groups -OCH3 is 1. The molecule has 0 aliphatic carbocycles. The van der Waals surface area contributed by atoms with Gasteiger partial charge in [0.15, 0.2) is 0 Å². The molecule has 1 atom stereocenters. The Morgan fingerprint density at radius 1 is 1.28 bits per heavy atom. The standard InChI is InChI=1S/C24H29FN4O3/c1-15-19-8-9-20(30)29(13-16-6-5-7-18(25)12-16)22(19)27-21(26-15)17-10-11-28(14-17)23(31)24(2,3)32-4/h5-7,12,17H,8-11,13-14H2,1-4H3. The van der Waals surface area contributed by atoms with E-state index in [0.717, 1.165) is 17.7 Å².